The average molecular weight is 551 g/mol. The van der Waals surface area contributed by atoms with Crippen molar-refractivity contribution in [2.24, 2.45) is 5.11 Å². The molecule has 0 bridgehead atoms. The van der Waals surface area contributed by atoms with E-state index in [1.165, 1.54) is 6.20 Å². The molecule has 214 valence electrons. The van der Waals surface area contributed by atoms with Gasteiger partial charge in [0.25, 0.3) is 0 Å². The Hall–Kier alpha value is -2.30. The fourth-order valence-corrected chi connectivity index (χ4v) is 3.87. The van der Waals surface area contributed by atoms with Crippen LogP contribution in [0.15, 0.2) is 17.5 Å². The third-order valence-corrected chi connectivity index (χ3v) is 5.47. The summed E-state index contributed by atoms with van der Waals surface area (Å²) in [5.74, 6) is -0.937. The molecule has 0 aliphatic carbocycles. The average Bonchev–Trinajstić information content (AvgIpc) is 3.20. The van der Waals surface area contributed by atoms with E-state index in [1.54, 1.807) is 13.8 Å². The smallest absolute Gasteiger partial charge is 0.379 e. The van der Waals surface area contributed by atoms with Gasteiger partial charge in [-0.05, 0) is 19.4 Å². The Bertz CT molecular complexity index is 906. The number of alkyl halides is 3. The van der Waals surface area contributed by atoms with E-state index >= 15 is 0 Å². The van der Waals surface area contributed by atoms with Gasteiger partial charge in [0.15, 0.2) is 11.5 Å². The summed E-state index contributed by atoms with van der Waals surface area (Å²) in [6.07, 6.45) is -4.16. The van der Waals surface area contributed by atoms with Crippen molar-refractivity contribution in [1.82, 2.24) is 9.97 Å². The first-order valence-electron chi connectivity index (χ1n) is 12.1. The maximum atomic E-state index is 13.0. The monoisotopic (exact) mass is 550 g/mol. The van der Waals surface area contributed by atoms with Gasteiger partial charge in [0.2, 0.25) is 0 Å². The third-order valence-electron chi connectivity index (χ3n) is 5.47. The van der Waals surface area contributed by atoms with Gasteiger partial charge in [-0.25, -0.2) is 4.98 Å². The minimum atomic E-state index is -4.60. The number of aromatic nitrogens is 2. The van der Waals surface area contributed by atoms with Crippen molar-refractivity contribution in [2.75, 3.05) is 71.3 Å². The normalized spacial score (nSPS) is 24.6. The molecule has 0 saturated carbocycles. The van der Waals surface area contributed by atoms with E-state index in [0.29, 0.717) is 52.4 Å². The molecule has 0 spiro atoms. The third kappa shape index (κ3) is 9.78. The first-order valence-corrected chi connectivity index (χ1v) is 12.1. The van der Waals surface area contributed by atoms with Gasteiger partial charge in [-0.2, -0.15) is 13.2 Å². The molecule has 38 heavy (non-hydrogen) atoms. The molecule has 13 nitrogen and oxygen atoms in total. The minimum Gasteiger partial charge on any atom is -0.379 e. The van der Waals surface area contributed by atoms with Crippen LogP contribution in [0.25, 0.3) is 10.4 Å². The quantitative estimate of drug-likeness (QED) is 0.141. The summed E-state index contributed by atoms with van der Waals surface area (Å²) in [6.45, 7) is 6.82. The van der Waals surface area contributed by atoms with Crippen LogP contribution in [-0.2, 0) is 39.3 Å². The maximum Gasteiger partial charge on any atom is 0.434 e. The predicted molar refractivity (Wildman–Crippen MR) is 125 cm³/mol. The van der Waals surface area contributed by atoms with Crippen molar-refractivity contribution < 1.29 is 46.3 Å². The van der Waals surface area contributed by atoms with Gasteiger partial charge in [0, 0.05) is 11.5 Å². The zero-order chi connectivity index (χ0) is 27.4. The molecule has 2 aliphatic heterocycles. The topological polar surface area (TPSA) is 151 Å². The molecule has 2 aliphatic rings. The lowest BCUT2D eigenvalue weighted by Gasteiger charge is -2.37. The molecule has 3 heterocycles. The summed E-state index contributed by atoms with van der Waals surface area (Å²) in [5.41, 5.74) is 7.06. The molecule has 1 aromatic heterocycles. The fourth-order valence-electron chi connectivity index (χ4n) is 3.87. The number of hydrogen-bond acceptors (Lipinski definition) is 11. The van der Waals surface area contributed by atoms with Crippen LogP contribution in [0.4, 0.5) is 19.0 Å². The molecule has 1 aromatic rings. The number of fused-ring (bicyclic) bond motifs is 1. The number of ether oxygens (including phenoxy) is 7. The summed E-state index contributed by atoms with van der Waals surface area (Å²) >= 11 is 0. The second kappa shape index (κ2) is 14.7. The van der Waals surface area contributed by atoms with Crippen LogP contribution in [0, 0.1) is 0 Å². The summed E-state index contributed by atoms with van der Waals surface area (Å²) in [4.78, 5) is 9.87. The van der Waals surface area contributed by atoms with Gasteiger partial charge in [-0.1, -0.05) is 5.11 Å². The molecular formula is C22H33F3N6O7. The first-order chi connectivity index (χ1) is 18.2. The number of halogens is 3. The van der Waals surface area contributed by atoms with Crippen LogP contribution in [0.5, 0.6) is 0 Å². The number of nitrogens with zero attached hydrogens (tertiary/aromatic N) is 5. The second-order valence-electron chi connectivity index (χ2n) is 8.84. The zero-order valence-electron chi connectivity index (χ0n) is 21.3. The molecule has 2 saturated heterocycles. The van der Waals surface area contributed by atoms with Crippen molar-refractivity contribution in [3.05, 3.63) is 28.5 Å². The van der Waals surface area contributed by atoms with Gasteiger partial charge in [-0.15, -0.1) is 0 Å². The Kier molecular flexibility index (Phi) is 11.7. The van der Waals surface area contributed by atoms with E-state index in [9.17, 15) is 13.2 Å². The molecule has 0 amide bonds. The summed E-state index contributed by atoms with van der Waals surface area (Å²) in [7, 11) is 0. The van der Waals surface area contributed by atoms with E-state index in [2.05, 4.69) is 25.3 Å². The lowest BCUT2D eigenvalue weighted by atomic mass is 9.98. The van der Waals surface area contributed by atoms with Crippen LogP contribution in [0.1, 0.15) is 19.5 Å². The lowest BCUT2D eigenvalue weighted by molar-refractivity contribution is -0.160. The van der Waals surface area contributed by atoms with Crippen LogP contribution < -0.4 is 5.32 Å². The van der Waals surface area contributed by atoms with Crippen molar-refractivity contribution in [3.63, 3.8) is 0 Å². The highest BCUT2D eigenvalue weighted by molar-refractivity contribution is 5.35. The highest BCUT2D eigenvalue weighted by Gasteiger charge is 2.52. The Labute approximate surface area is 217 Å². The van der Waals surface area contributed by atoms with E-state index in [-0.39, 0.29) is 25.6 Å². The largest absolute Gasteiger partial charge is 0.434 e. The van der Waals surface area contributed by atoms with Gasteiger partial charge >= 0.3 is 6.18 Å². The van der Waals surface area contributed by atoms with Crippen molar-refractivity contribution in [1.29, 1.82) is 0 Å². The Morgan fingerprint density at radius 1 is 1.03 bits per heavy atom. The van der Waals surface area contributed by atoms with Crippen molar-refractivity contribution in [3.8, 4) is 0 Å². The zero-order valence-corrected chi connectivity index (χ0v) is 21.3. The van der Waals surface area contributed by atoms with Crippen LogP contribution in [-0.4, -0.2) is 106 Å². The molecule has 0 unspecified atom stereocenters. The van der Waals surface area contributed by atoms with E-state index in [0.717, 1.165) is 0 Å². The van der Waals surface area contributed by atoms with Gasteiger partial charge in [0.1, 0.15) is 24.1 Å². The van der Waals surface area contributed by atoms with Crippen LogP contribution in [0.3, 0.4) is 0 Å². The van der Waals surface area contributed by atoms with E-state index in [4.69, 9.17) is 38.7 Å². The summed E-state index contributed by atoms with van der Waals surface area (Å²) in [6, 6.07) is -0.504. The Balaban J connectivity index is 1.34. The fraction of sp³-hybridized carbons (Fsp3) is 0.818. The second-order valence-corrected chi connectivity index (χ2v) is 8.84. The molecular weight excluding hydrogens is 517 g/mol. The molecule has 0 radical (unpaired) electrons. The lowest BCUT2D eigenvalue weighted by Crippen LogP contribution is -2.55. The molecule has 2 fully saturated rings. The van der Waals surface area contributed by atoms with Gasteiger partial charge in [-0.3, -0.25) is 4.98 Å². The van der Waals surface area contributed by atoms with E-state index in [1.807, 2.05) is 0 Å². The molecule has 4 atom stereocenters. The number of azide groups is 1. The maximum absolute atomic E-state index is 13.0. The van der Waals surface area contributed by atoms with Gasteiger partial charge in [0.05, 0.1) is 77.9 Å². The summed E-state index contributed by atoms with van der Waals surface area (Å²) in [5, 5.41) is 6.30. The van der Waals surface area contributed by atoms with Crippen LogP contribution in [0.2, 0.25) is 0 Å². The minimum absolute atomic E-state index is 0.0332. The highest BCUT2D eigenvalue weighted by Crippen LogP contribution is 2.36. The van der Waals surface area contributed by atoms with E-state index < -0.39 is 42.0 Å². The van der Waals surface area contributed by atoms with Crippen molar-refractivity contribution >= 4 is 5.82 Å². The number of anilines is 1. The number of rotatable bonds is 16. The van der Waals surface area contributed by atoms with Gasteiger partial charge < -0.3 is 38.5 Å². The molecule has 0 aromatic carbocycles. The van der Waals surface area contributed by atoms with Crippen LogP contribution >= 0.6 is 0 Å². The van der Waals surface area contributed by atoms with Crippen molar-refractivity contribution in [2.45, 2.75) is 50.2 Å². The number of nitrogens with one attached hydrogen (secondary N) is 1. The molecule has 16 heteroatoms. The molecule has 3 rings (SSSR count). The summed E-state index contributed by atoms with van der Waals surface area (Å²) < 4.78 is 78.7. The first kappa shape index (κ1) is 30.2. The Morgan fingerprint density at radius 2 is 1.66 bits per heavy atom. The molecule has 1 N–H and O–H groups in total. The highest BCUT2D eigenvalue weighted by atomic mass is 19.4. The Morgan fingerprint density at radius 3 is 2.32 bits per heavy atom. The standard InChI is InChI=1S/C22H33F3N6O7/c1-21(2)37-19-15(29-18-12-27-11-17(30-18)22(23,24)25)13-36-16(20(19)38-21)14-35-10-9-34-8-7-33-6-5-32-4-3-28-31-26/h11-12,15-16,19-20H,3-10,13-14H2,1-2H3,(H,29,30)/t15-,16+,19+,20-/m0/s1. The number of hydrogen-bond donors (Lipinski definition) is 1. The SMILES string of the molecule is CC1(C)O[C@@H]2[C@H](O1)[C@@H](Nc1cncc(C(F)(F)F)n1)CO[C@@H]2COCCOCCOCCOCCN=[N+]=[N-]. The predicted octanol–water partition coefficient (Wildman–Crippen LogP) is 2.57.